The van der Waals surface area contributed by atoms with E-state index in [1.54, 1.807) is 36.4 Å². The SMILES string of the molecule is CCOc1ccc(NC(=O)Nc2nnc(-c3ccco3)o2)cc1. The van der Waals surface area contributed by atoms with Crippen LogP contribution in [-0.4, -0.2) is 22.8 Å². The number of hydrogen-bond donors (Lipinski definition) is 2. The van der Waals surface area contributed by atoms with Crippen molar-refractivity contribution in [2.45, 2.75) is 6.92 Å². The van der Waals surface area contributed by atoms with Crippen molar-refractivity contribution in [2.75, 3.05) is 17.2 Å². The number of anilines is 2. The van der Waals surface area contributed by atoms with E-state index in [-0.39, 0.29) is 11.9 Å². The first-order valence-electron chi connectivity index (χ1n) is 6.93. The fraction of sp³-hybridized carbons (Fsp3) is 0.133. The van der Waals surface area contributed by atoms with Crippen molar-refractivity contribution in [3.05, 3.63) is 42.7 Å². The van der Waals surface area contributed by atoms with Crippen LogP contribution in [0.4, 0.5) is 16.5 Å². The van der Waals surface area contributed by atoms with Gasteiger partial charge in [-0.3, -0.25) is 5.32 Å². The van der Waals surface area contributed by atoms with E-state index in [1.165, 1.54) is 6.26 Å². The van der Waals surface area contributed by atoms with E-state index in [1.807, 2.05) is 6.92 Å². The Morgan fingerprint density at radius 3 is 2.70 bits per heavy atom. The van der Waals surface area contributed by atoms with E-state index in [0.29, 0.717) is 18.1 Å². The van der Waals surface area contributed by atoms with Crippen LogP contribution in [0, 0.1) is 0 Å². The van der Waals surface area contributed by atoms with Crippen LogP contribution in [0.5, 0.6) is 5.75 Å². The second kappa shape index (κ2) is 6.65. The van der Waals surface area contributed by atoms with E-state index in [4.69, 9.17) is 13.6 Å². The van der Waals surface area contributed by atoms with Crippen LogP contribution in [0.2, 0.25) is 0 Å². The maximum atomic E-state index is 11.9. The zero-order chi connectivity index (χ0) is 16.1. The summed E-state index contributed by atoms with van der Waals surface area (Å²) in [4.78, 5) is 11.9. The van der Waals surface area contributed by atoms with Crippen molar-refractivity contribution >= 4 is 17.7 Å². The van der Waals surface area contributed by atoms with Crippen molar-refractivity contribution < 1.29 is 18.4 Å². The Hall–Kier alpha value is -3.29. The molecule has 1 aromatic carbocycles. The fourth-order valence-corrected chi connectivity index (χ4v) is 1.83. The molecule has 3 rings (SSSR count). The molecule has 0 atom stereocenters. The fourth-order valence-electron chi connectivity index (χ4n) is 1.83. The second-order valence-corrected chi connectivity index (χ2v) is 4.43. The Morgan fingerprint density at radius 1 is 1.17 bits per heavy atom. The lowest BCUT2D eigenvalue weighted by Crippen LogP contribution is -2.19. The molecule has 0 fully saturated rings. The number of carbonyl (C=O) groups is 1. The monoisotopic (exact) mass is 314 g/mol. The van der Waals surface area contributed by atoms with Gasteiger partial charge in [0, 0.05) is 5.69 Å². The standard InChI is InChI=1S/C15H14N4O4/c1-2-21-11-7-5-10(6-8-11)16-14(20)17-15-19-18-13(23-15)12-4-3-9-22-12/h3-9H,2H2,1H3,(H2,16,17,19,20). The zero-order valence-electron chi connectivity index (χ0n) is 12.3. The van der Waals surface area contributed by atoms with Crippen molar-refractivity contribution in [3.63, 3.8) is 0 Å². The maximum Gasteiger partial charge on any atom is 0.327 e. The number of rotatable bonds is 5. The highest BCUT2D eigenvalue weighted by Crippen LogP contribution is 2.20. The molecule has 2 amide bonds. The lowest BCUT2D eigenvalue weighted by Gasteiger charge is -2.06. The molecular formula is C15H14N4O4. The van der Waals surface area contributed by atoms with Crippen molar-refractivity contribution in [1.29, 1.82) is 0 Å². The molecule has 118 valence electrons. The number of carbonyl (C=O) groups excluding carboxylic acids is 1. The van der Waals surface area contributed by atoms with Gasteiger partial charge in [-0.05, 0) is 43.3 Å². The molecular weight excluding hydrogens is 300 g/mol. The molecule has 0 spiro atoms. The zero-order valence-corrected chi connectivity index (χ0v) is 12.3. The summed E-state index contributed by atoms with van der Waals surface area (Å²) in [5.74, 6) is 1.35. The van der Waals surface area contributed by atoms with Crippen LogP contribution in [0.15, 0.2) is 51.5 Å². The Morgan fingerprint density at radius 2 is 2.00 bits per heavy atom. The van der Waals surface area contributed by atoms with Crippen molar-refractivity contribution in [3.8, 4) is 17.4 Å². The molecule has 0 aliphatic heterocycles. The highest BCUT2D eigenvalue weighted by Gasteiger charge is 2.13. The molecule has 3 aromatic rings. The van der Waals surface area contributed by atoms with Crippen LogP contribution in [0.3, 0.4) is 0 Å². The average Bonchev–Trinajstić information content (AvgIpc) is 3.20. The number of amides is 2. The maximum absolute atomic E-state index is 11.9. The molecule has 23 heavy (non-hydrogen) atoms. The van der Waals surface area contributed by atoms with Crippen molar-refractivity contribution in [1.82, 2.24) is 10.2 Å². The summed E-state index contributed by atoms with van der Waals surface area (Å²) < 4.78 is 15.7. The first-order valence-corrected chi connectivity index (χ1v) is 6.93. The summed E-state index contributed by atoms with van der Waals surface area (Å²) >= 11 is 0. The minimum Gasteiger partial charge on any atom is -0.494 e. The van der Waals surface area contributed by atoms with Gasteiger partial charge in [-0.15, -0.1) is 5.10 Å². The lowest BCUT2D eigenvalue weighted by molar-refractivity contribution is 0.261. The Balaban J connectivity index is 1.59. The largest absolute Gasteiger partial charge is 0.494 e. The Kier molecular flexibility index (Phi) is 4.23. The molecule has 0 saturated carbocycles. The van der Waals surface area contributed by atoms with Gasteiger partial charge in [0.15, 0.2) is 5.76 Å². The summed E-state index contributed by atoms with van der Waals surface area (Å²) in [6.45, 7) is 2.49. The molecule has 2 heterocycles. The summed E-state index contributed by atoms with van der Waals surface area (Å²) in [5.41, 5.74) is 0.608. The molecule has 2 N–H and O–H groups in total. The number of urea groups is 1. The predicted octanol–water partition coefficient (Wildman–Crippen LogP) is 3.37. The number of aromatic nitrogens is 2. The van der Waals surface area contributed by atoms with Gasteiger partial charge in [0.05, 0.1) is 12.9 Å². The van der Waals surface area contributed by atoms with Gasteiger partial charge in [-0.2, -0.15) is 0 Å². The van der Waals surface area contributed by atoms with E-state index in [0.717, 1.165) is 5.75 Å². The molecule has 0 aliphatic rings. The quantitative estimate of drug-likeness (QED) is 0.748. The number of nitrogens with one attached hydrogen (secondary N) is 2. The third kappa shape index (κ3) is 3.67. The summed E-state index contributed by atoms with van der Waals surface area (Å²) in [6.07, 6.45) is 1.49. The molecule has 0 aliphatic carbocycles. The van der Waals surface area contributed by atoms with Crippen LogP contribution < -0.4 is 15.4 Å². The van der Waals surface area contributed by atoms with Crippen LogP contribution in [-0.2, 0) is 0 Å². The number of benzene rings is 1. The normalized spacial score (nSPS) is 10.3. The van der Waals surface area contributed by atoms with E-state index >= 15 is 0 Å². The van der Waals surface area contributed by atoms with Gasteiger partial charge >= 0.3 is 12.0 Å². The molecule has 0 unspecified atom stereocenters. The van der Waals surface area contributed by atoms with Gasteiger partial charge in [-0.1, -0.05) is 5.10 Å². The molecule has 0 bridgehead atoms. The first-order chi connectivity index (χ1) is 11.2. The van der Waals surface area contributed by atoms with Crippen LogP contribution in [0.1, 0.15) is 6.92 Å². The van der Waals surface area contributed by atoms with Gasteiger partial charge in [-0.25, -0.2) is 4.79 Å². The van der Waals surface area contributed by atoms with Crippen LogP contribution >= 0.6 is 0 Å². The minimum absolute atomic E-state index is 0.0279. The average molecular weight is 314 g/mol. The summed E-state index contributed by atoms with van der Waals surface area (Å²) in [7, 11) is 0. The highest BCUT2D eigenvalue weighted by atomic mass is 16.5. The number of furan rings is 1. The van der Waals surface area contributed by atoms with Gasteiger partial charge in [0.2, 0.25) is 0 Å². The third-order valence-electron chi connectivity index (χ3n) is 2.80. The Bertz CT molecular complexity index is 765. The van der Waals surface area contributed by atoms with Gasteiger partial charge in [0.1, 0.15) is 5.75 Å². The number of nitrogens with zero attached hydrogens (tertiary/aromatic N) is 2. The molecule has 0 radical (unpaired) electrons. The predicted molar refractivity (Wildman–Crippen MR) is 82.3 cm³/mol. The summed E-state index contributed by atoms with van der Waals surface area (Å²) in [6, 6.07) is 9.84. The molecule has 8 nitrogen and oxygen atoms in total. The van der Waals surface area contributed by atoms with Crippen molar-refractivity contribution in [2.24, 2.45) is 0 Å². The lowest BCUT2D eigenvalue weighted by atomic mass is 10.3. The van der Waals surface area contributed by atoms with E-state index in [2.05, 4.69) is 20.8 Å². The molecule has 2 aromatic heterocycles. The van der Waals surface area contributed by atoms with Crippen LogP contribution in [0.25, 0.3) is 11.7 Å². The number of ether oxygens (including phenoxy) is 1. The Labute approximate surface area is 131 Å². The van der Waals surface area contributed by atoms with E-state index < -0.39 is 6.03 Å². The topological polar surface area (TPSA) is 102 Å². The second-order valence-electron chi connectivity index (χ2n) is 4.43. The third-order valence-corrected chi connectivity index (χ3v) is 2.80. The van der Waals surface area contributed by atoms with E-state index in [9.17, 15) is 4.79 Å². The van der Waals surface area contributed by atoms with Gasteiger partial charge < -0.3 is 18.9 Å². The van der Waals surface area contributed by atoms with Gasteiger partial charge in [0.25, 0.3) is 5.89 Å². The highest BCUT2D eigenvalue weighted by molar-refractivity contribution is 5.98. The smallest absolute Gasteiger partial charge is 0.327 e. The molecule has 0 saturated heterocycles. The number of hydrogen-bond acceptors (Lipinski definition) is 6. The first kappa shape index (κ1) is 14.6. The minimum atomic E-state index is -0.496. The molecule has 8 heteroatoms. The summed E-state index contributed by atoms with van der Waals surface area (Å²) in [5, 5.41) is 12.6.